The van der Waals surface area contributed by atoms with Crippen LogP contribution in [0.4, 0.5) is 0 Å². The molecule has 2 rings (SSSR count). The van der Waals surface area contributed by atoms with Crippen LogP contribution in [0.1, 0.15) is 31.3 Å². The van der Waals surface area contributed by atoms with E-state index in [0.717, 1.165) is 30.8 Å². The van der Waals surface area contributed by atoms with Crippen molar-refractivity contribution in [3.63, 3.8) is 0 Å². The number of aryl methyl sites for hydroxylation is 1. The van der Waals surface area contributed by atoms with Gasteiger partial charge in [-0.15, -0.1) is 0 Å². The molecule has 108 valence electrons. The number of hydrogen-bond acceptors (Lipinski definition) is 5. The molecule has 1 aromatic heterocycles. The van der Waals surface area contributed by atoms with Crippen molar-refractivity contribution < 1.29 is 4.52 Å². The first-order valence-electron chi connectivity index (χ1n) is 7.03. The van der Waals surface area contributed by atoms with Crippen LogP contribution in [0.25, 0.3) is 11.5 Å². The molecular weight excluding hydrogens is 252 g/mol. The summed E-state index contributed by atoms with van der Waals surface area (Å²) in [6.45, 7) is 8.92. The Morgan fingerprint density at radius 1 is 1.25 bits per heavy atom. The fraction of sp³-hybridized carbons (Fsp3) is 0.467. The van der Waals surface area contributed by atoms with E-state index in [1.807, 2.05) is 31.2 Å². The molecule has 1 atom stereocenters. The van der Waals surface area contributed by atoms with E-state index in [1.54, 1.807) is 0 Å². The molecular formula is C15H22N4O. The van der Waals surface area contributed by atoms with Crippen LogP contribution < -0.4 is 5.73 Å². The second-order valence-corrected chi connectivity index (χ2v) is 4.86. The summed E-state index contributed by atoms with van der Waals surface area (Å²) in [6.07, 6.45) is 0. The van der Waals surface area contributed by atoms with Gasteiger partial charge in [-0.1, -0.05) is 37.2 Å². The second kappa shape index (κ2) is 6.63. The molecule has 0 radical (unpaired) electrons. The Morgan fingerprint density at radius 3 is 2.60 bits per heavy atom. The third-order valence-electron chi connectivity index (χ3n) is 3.50. The van der Waals surface area contributed by atoms with Gasteiger partial charge in [-0.05, 0) is 31.6 Å². The number of hydrogen-bond donors (Lipinski definition) is 1. The third-order valence-corrected chi connectivity index (χ3v) is 3.50. The molecule has 1 unspecified atom stereocenters. The van der Waals surface area contributed by atoms with Crippen LogP contribution in [-0.2, 0) is 0 Å². The number of benzene rings is 1. The molecule has 2 N–H and O–H groups in total. The molecule has 0 bridgehead atoms. The summed E-state index contributed by atoms with van der Waals surface area (Å²) in [7, 11) is 0. The Morgan fingerprint density at radius 2 is 1.95 bits per heavy atom. The topological polar surface area (TPSA) is 68.2 Å². The quantitative estimate of drug-likeness (QED) is 0.876. The molecule has 0 saturated heterocycles. The molecule has 0 aliphatic carbocycles. The predicted molar refractivity (Wildman–Crippen MR) is 79.2 cm³/mol. The Labute approximate surface area is 119 Å². The van der Waals surface area contributed by atoms with Crippen LogP contribution in [0.15, 0.2) is 28.8 Å². The third kappa shape index (κ3) is 3.23. The largest absolute Gasteiger partial charge is 0.334 e. The van der Waals surface area contributed by atoms with Crippen molar-refractivity contribution in [2.24, 2.45) is 5.73 Å². The highest BCUT2D eigenvalue weighted by Crippen LogP contribution is 2.22. The zero-order valence-corrected chi connectivity index (χ0v) is 12.3. The van der Waals surface area contributed by atoms with Crippen LogP contribution in [0, 0.1) is 6.92 Å². The number of aromatic nitrogens is 2. The van der Waals surface area contributed by atoms with Gasteiger partial charge in [-0.2, -0.15) is 4.98 Å². The van der Waals surface area contributed by atoms with Crippen molar-refractivity contribution in [1.82, 2.24) is 15.0 Å². The van der Waals surface area contributed by atoms with Crippen molar-refractivity contribution in [3.8, 4) is 11.5 Å². The first kappa shape index (κ1) is 14.7. The van der Waals surface area contributed by atoms with E-state index >= 15 is 0 Å². The van der Waals surface area contributed by atoms with E-state index in [9.17, 15) is 0 Å². The van der Waals surface area contributed by atoms with E-state index in [1.165, 1.54) is 0 Å². The highest BCUT2D eigenvalue weighted by molar-refractivity contribution is 5.57. The molecule has 1 aromatic carbocycles. The van der Waals surface area contributed by atoms with Gasteiger partial charge in [0.15, 0.2) is 5.82 Å². The molecule has 20 heavy (non-hydrogen) atoms. The Bertz CT molecular complexity index is 548. The number of nitrogens with two attached hydrogens (primary N) is 1. The van der Waals surface area contributed by atoms with Crippen LogP contribution >= 0.6 is 0 Å². The van der Waals surface area contributed by atoms with E-state index in [4.69, 9.17) is 10.3 Å². The Kier molecular flexibility index (Phi) is 4.87. The maximum absolute atomic E-state index is 6.15. The van der Waals surface area contributed by atoms with Gasteiger partial charge in [-0.3, -0.25) is 0 Å². The summed E-state index contributed by atoms with van der Waals surface area (Å²) in [5.74, 6) is 1.10. The van der Waals surface area contributed by atoms with Crippen LogP contribution in [0.3, 0.4) is 0 Å². The molecule has 0 spiro atoms. The minimum Gasteiger partial charge on any atom is -0.334 e. The minimum atomic E-state index is -0.226. The second-order valence-electron chi connectivity index (χ2n) is 4.86. The molecule has 0 fully saturated rings. The molecule has 0 saturated carbocycles. The number of likely N-dealkylation sites (N-methyl/N-ethyl adjacent to an activating group) is 1. The summed E-state index contributed by atoms with van der Waals surface area (Å²) in [5, 5.41) is 4.02. The predicted octanol–water partition coefficient (Wildman–Crippen LogP) is 2.39. The molecule has 2 aromatic rings. The van der Waals surface area contributed by atoms with Crippen molar-refractivity contribution >= 4 is 0 Å². The summed E-state index contributed by atoms with van der Waals surface area (Å²) in [4.78, 5) is 6.68. The molecule has 1 heterocycles. The van der Waals surface area contributed by atoms with Crippen LogP contribution in [-0.4, -0.2) is 34.7 Å². The van der Waals surface area contributed by atoms with Gasteiger partial charge in [0.25, 0.3) is 5.89 Å². The standard InChI is InChI=1S/C15H22N4O/c1-4-19(5-2)10-13(16)14-17-15(20-18-14)12-9-7-6-8-11(12)3/h6-9,13H,4-5,10,16H2,1-3H3. The molecule has 0 aliphatic rings. The van der Waals surface area contributed by atoms with E-state index < -0.39 is 0 Å². The van der Waals surface area contributed by atoms with Gasteiger partial charge in [0, 0.05) is 12.1 Å². The van der Waals surface area contributed by atoms with Crippen molar-refractivity contribution in [1.29, 1.82) is 0 Å². The van der Waals surface area contributed by atoms with E-state index in [2.05, 4.69) is 28.9 Å². The lowest BCUT2D eigenvalue weighted by Gasteiger charge is -2.20. The fourth-order valence-corrected chi connectivity index (χ4v) is 2.15. The fourth-order valence-electron chi connectivity index (χ4n) is 2.15. The monoisotopic (exact) mass is 274 g/mol. The van der Waals surface area contributed by atoms with Gasteiger partial charge in [0.2, 0.25) is 0 Å². The number of rotatable bonds is 6. The highest BCUT2D eigenvalue weighted by atomic mass is 16.5. The molecule has 0 aliphatic heterocycles. The summed E-state index contributed by atoms with van der Waals surface area (Å²) in [5.41, 5.74) is 8.22. The van der Waals surface area contributed by atoms with E-state index in [0.29, 0.717) is 11.7 Å². The van der Waals surface area contributed by atoms with Gasteiger partial charge >= 0.3 is 0 Å². The zero-order valence-electron chi connectivity index (χ0n) is 12.3. The van der Waals surface area contributed by atoms with Crippen molar-refractivity contribution in [3.05, 3.63) is 35.7 Å². The first-order valence-corrected chi connectivity index (χ1v) is 7.03. The lowest BCUT2D eigenvalue weighted by molar-refractivity contribution is 0.278. The lowest BCUT2D eigenvalue weighted by Crippen LogP contribution is -2.32. The lowest BCUT2D eigenvalue weighted by atomic mass is 10.1. The number of nitrogens with zero attached hydrogens (tertiary/aromatic N) is 3. The Balaban J connectivity index is 2.15. The van der Waals surface area contributed by atoms with Crippen molar-refractivity contribution in [2.45, 2.75) is 26.8 Å². The van der Waals surface area contributed by atoms with E-state index in [-0.39, 0.29) is 6.04 Å². The molecule has 5 nitrogen and oxygen atoms in total. The smallest absolute Gasteiger partial charge is 0.258 e. The maximum atomic E-state index is 6.15. The summed E-state index contributed by atoms with van der Waals surface area (Å²) < 4.78 is 5.34. The van der Waals surface area contributed by atoms with Crippen LogP contribution in [0.5, 0.6) is 0 Å². The van der Waals surface area contributed by atoms with Gasteiger partial charge in [0.05, 0.1) is 6.04 Å². The van der Waals surface area contributed by atoms with Gasteiger partial charge in [0.1, 0.15) is 0 Å². The molecule has 5 heteroatoms. The highest BCUT2D eigenvalue weighted by Gasteiger charge is 2.17. The zero-order chi connectivity index (χ0) is 14.5. The van der Waals surface area contributed by atoms with Gasteiger partial charge in [-0.25, -0.2) is 0 Å². The normalized spacial score (nSPS) is 12.8. The average molecular weight is 274 g/mol. The SMILES string of the molecule is CCN(CC)CC(N)c1noc(-c2ccccc2C)n1. The minimum absolute atomic E-state index is 0.226. The summed E-state index contributed by atoms with van der Waals surface area (Å²) in [6, 6.07) is 7.72. The summed E-state index contributed by atoms with van der Waals surface area (Å²) >= 11 is 0. The maximum Gasteiger partial charge on any atom is 0.258 e. The van der Waals surface area contributed by atoms with Gasteiger partial charge < -0.3 is 15.2 Å². The first-order chi connectivity index (χ1) is 9.65. The average Bonchev–Trinajstić information content (AvgIpc) is 2.94. The van der Waals surface area contributed by atoms with Crippen LogP contribution in [0.2, 0.25) is 0 Å². The van der Waals surface area contributed by atoms with Crippen molar-refractivity contribution in [2.75, 3.05) is 19.6 Å². The Hall–Kier alpha value is -1.72. The molecule has 0 amide bonds.